The maximum Gasteiger partial charge on any atom is 0.409 e. The van der Waals surface area contributed by atoms with Gasteiger partial charge in [0.2, 0.25) is 35.5 Å². The molecular formula is C52H68N12O18P2S2. The quantitative estimate of drug-likeness (QED) is 0.0114. The number of carbonyl (C=O) groups is 7. The van der Waals surface area contributed by atoms with Crippen LogP contribution in [0.4, 0.5) is 16.4 Å². The second-order valence-corrected chi connectivity index (χ2v) is 24.1. The van der Waals surface area contributed by atoms with E-state index >= 15 is 0 Å². The zero-order valence-electron chi connectivity index (χ0n) is 47.3. The van der Waals surface area contributed by atoms with Crippen molar-refractivity contribution >= 4 is 104 Å². The first kappa shape index (κ1) is 66.8. The third-order valence-corrected chi connectivity index (χ3v) is 16.1. The number of unbranched alkanes of at least 4 members (excludes halogenated alkanes) is 2. The summed E-state index contributed by atoms with van der Waals surface area (Å²) < 4.78 is 53.0. The van der Waals surface area contributed by atoms with Crippen molar-refractivity contribution in [2.75, 3.05) is 49.9 Å². The highest BCUT2D eigenvalue weighted by atomic mass is 32.5. The Balaban J connectivity index is 0.823. The number of aliphatic hydroxyl groups excluding tert-OH is 1. The van der Waals surface area contributed by atoms with Crippen LogP contribution in [0.2, 0.25) is 0 Å². The standard InChI is InChI=1S/C52H68N12O18P2S2/c1-29(2)42(58-37(65)9-6-5-7-20-63-40(67)15-16-41(63)68)48(71)56-30(3)47(70)57-33-13-11-31(12-14-33)23-77-52(73)62(4)19-8-10-38(66)59-51-60-46-43(49(72)61-51)55-27-64(46)50-45(81-83-74)44(69)36(80-50)25-78-84(75,86)82-35-22-34(21-32(35)24-76-28-85)79-39-17-18-53-26-54-39/h11-18,26-27,29-30,32,34-36,42,44-45,50,69,85H,5-10,19-25,28H2,1-4H3,(H,56,71)(H,57,70)(H,58,65)(H,75,86)(H2,59,60,61,66,72)/t30-,32+,34+,35-,36+,42?,44+,45+,50+,84?/m0/s1. The molecule has 0 spiro atoms. The van der Waals surface area contributed by atoms with Gasteiger partial charge in [0.1, 0.15) is 49.4 Å². The van der Waals surface area contributed by atoms with E-state index in [2.05, 4.69) is 58.8 Å². The number of rotatable bonds is 32. The Morgan fingerprint density at radius 2 is 1.70 bits per heavy atom. The van der Waals surface area contributed by atoms with Gasteiger partial charge in [0.15, 0.2) is 17.4 Å². The lowest BCUT2D eigenvalue weighted by Gasteiger charge is -2.25. The number of nitrogens with one attached hydrogen (secondary N) is 5. The van der Waals surface area contributed by atoms with Crippen molar-refractivity contribution in [3.05, 3.63) is 77.3 Å². The molecule has 10 atom stereocenters. The van der Waals surface area contributed by atoms with Gasteiger partial charge in [-0.15, -0.1) is 0 Å². The van der Waals surface area contributed by atoms with Gasteiger partial charge in [-0.1, -0.05) is 32.4 Å². The van der Waals surface area contributed by atoms with Gasteiger partial charge in [-0.25, -0.2) is 24.3 Å². The van der Waals surface area contributed by atoms with E-state index in [0.29, 0.717) is 49.2 Å². The van der Waals surface area contributed by atoms with Crippen LogP contribution in [0.3, 0.4) is 0 Å². The molecule has 2 aliphatic heterocycles. The number of H-pyrrole nitrogens is 1. The van der Waals surface area contributed by atoms with Gasteiger partial charge in [0.25, 0.3) is 17.4 Å². The van der Waals surface area contributed by atoms with Crippen molar-refractivity contribution in [2.45, 2.75) is 128 Å². The van der Waals surface area contributed by atoms with Gasteiger partial charge in [-0.2, -0.15) is 17.6 Å². The van der Waals surface area contributed by atoms with E-state index in [1.807, 2.05) is 0 Å². The minimum atomic E-state index is -4.03. The Morgan fingerprint density at radius 1 is 0.953 bits per heavy atom. The minimum Gasteiger partial charge on any atom is -0.474 e. The molecule has 34 heteroatoms. The third kappa shape index (κ3) is 18.9. The molecule has 2 unspecified atom stereocenters. The van der Waals surface area contributed by atoms with Gasteiger partial charge < -0.3 is 58.8 Å². The van der Waals surface area contributed by atoms with Crippen molar-refractivity contribution in [3.8, 4) is 5.88 Å². The summed E-state index contributed by atoms with van der Waals surface area (Å²) in [6, 6.07) is 6.16. The summed E-state index contributed by atoms with van der Waals surface area (Å²) in [7, 11) is 0.646. The van der Waals surface area contributed by atoms with E-state index in [0.717, 1.165) is 4.90 Å². The number of anilines is 2. The predicted molar refractivity (Wildman–Crippen MR) is 311 cm³/mol. The lowest BCUT2D eigenvalue weighted by atomic mass is 10.0. The van der Waals surface area contributed by atoms with Gasteiger partial charge in [-0.05, 0) is 68.0 Å². The van der Waals surface area contributed by atoms with Crippen LogP contribution in [0, 0.1) is 11.8 Å². The van der Waals surface area contributed by atoms with Gasteiger partial charge in [-0.3, -0.25) is 57.9 Å². The van der Waals surface area contributed by atoms with Crippen LogP contribution in [0.25, 0.3) is 11.2 Å². The highest BCUT2D eigenvalue weighted by Crippen LogP contribution is 2.50. The fourth-order valence-corrected chi connectivity index (χ4v) is 11.4. The maximum atomic E-state index is 13.2. The Morgan fingerprint density at radius 3 is 2.40 bits per heavy atom. The van der Waals surface area contributed by atoms with Gasteiger partial charge >= 0.3 is 21.5 Å². The van der Waals surface area contributed by atoms with Crippen LogP contribution in [0.1, 0.15) is 83.9 Å². The van der Waals surface area contributed by atoms with Crippen molar-refractivity contribution < 1.29 is 80.6 Å². The summed E-state index contributed by atoms with van der Waals surface area (Å²) in [5.41, 5.74) is -0.0551. The number of amides is 7. The molecule has 30 nitrogen and oxygen atoms in total. The number of aromatic nitrogens is 6. The third-order valence-electron chi connectivity index (χ3n) is 14.0. The number of imide groups is 1. The first-order chi connectivity index (χ1) is 41.1. The van der Waals surface area contributed by atoms with E-state index in [9.17, 15) is 52.9 Å². The first-order valence-corrected chi connectivity index (χ1v) is 31.4. The number of carbonyl (C=O) groups excluding carboxylic acids is 7. The zero-order chi connectivity index (χ0) is 62.1. The number of benzene rings is 1. The summed E-state index contributed by atoms with van der Waals surface area (Å²) in [6.45, 7) is 0.928. The molecular weight excluding hydrogens is 1210 g/mol. The molecule has 4 aromatic rings. The second-order valence-electron chi connectivity index (χ2n) is 20.7. The molecule has 2 fully saturated rings. The molecule has 0 radical (unpaired) electrons. The Hall–Kier alpha value is -6.70. The smallest absolute Gasteiger partial charge is 0.409 e. The SMILES string of the molecule is CC(C)C(NC(=O)CCCCCN1C(=O)C=CC1=O)C(=O)N[C@@H](C)C(=O)Nc1ccc(COC(=O)N(C)CCCC(=O)Nc2nc3c(ncn3[C@@H]3O[C@H](COP(O)(=S)O[C@H]4C[C@H](Oc5ccncn5)C[C@@H]4COCS)[C@@H](O)[C@H]3OP=O)c(=O)[nH]2)cc1. The van der Waals surface area contributed by atoms with E-state index in [1.165, 1.54) is 54.4 Å². The number of hydrogen-bond acceptors (Lipinski definition) is 23. The van der Waals surface area contributed by atoms with E-state index < -0.39 is 94.1 Å². The largest absolute Gasteiger partial charge is 0.474 e. The Bertz CT molecular complexity index is 3160. The van der Waals surface area contributed by atoms with Crippen LogP contribution in [0.15, 0.2) is 66.1 Å². The van der Waals surface area contributed by atoms with E-state index in [1.54, 1.807) is 44.2 Å². The minimum absolute atomic E-state index is 0.0928. The van der Waals surface area contributed by atoms with Crippen LogP contribution in [0.5, 0.6) is 5.88 Å². The summed E-state index contributed by atoms with van der Waals surface area (Å²) >= 11 is 9.49. The zero-order valence-corrected chi connectivity index (χ0v) is 50.8. The number of ether oxygens (including phenoxy) is 4. The number of aromatic amines is 1. The number of imidazole rings is 1. The molecule has 1 aliphatic carbocycles. The van der Waals surface area contributed by atoms with Gasteiger partial charge in [0.05, 0.1) is 31.6 Å². The Kier molecular flexibility index (Phi) is 24.7. The molecule has 1 saturated heterocycles. The van der Waals surface area contributed by atoms with Crippen molar-refractivity contribution in [3.63, 3.8) is 0 Å². The molecule has 1 aromatic carbocycles. The Labute approximate surface area is 505 Å². The van der Waals surface area contributed by atoms with Crippen molar-refractivity contribution in [1.82, 2.24) is 49.9 Å². The summed E-state index contributed by atoms with van der Waals surface area (Å²) in [6.07, 6.45) is 1.87. The molecule has 466 valence electrons. The van der Waals surface area contributed by atoms with Crippen molar-refractivity contribution in [2.24, 2.45) is 11.8 Å². The predicted octanol–water partition coefficient (Wildman–Crippen LogP) is 3.20. The molecule has 3 aliphatic rings. The molecule has 7 amide bonds. The number of nitrogens with zero attached hydrogens (tertiary/aromatic N) is 7. The molecule has 0 bridgehead atoms. The normalized spacial score (nSPS) is 21.5. The monoisotopic (exact) mass is 1270 g/mol. The number of aliphatic hydroxyl groups is 1. The molecule has 86 heavy (non-hydrogen) atoms. The van der Waals surface area contributed by atoms with E-state index in [-0.39, 0.29) is 104 Å². The lowest BCUT2D eigenvalue weighted by molar-refractivity contribution is -0.137. The average Bonchev–Trinajstić information content (AvgIpc) is 2.44. The summed E-state index contributed by atoms with van der Waals surface area (Å²) in [5.74, 6) is -3.05. The second kappa shape index (κ2) is 31.8. The molecule has 5 heterocycles. The molecule has 1 saturated carbocycles. The number of thiol groups is 1. The first-order valence-electron chi connectivity index (χ1n) is 27.4. The van der Waals surface area contributed by atoms with E-state index in [4.69, 9.17) is 44.3 Å². The fraction of sp³-hybridized carbons (Fsp3) is 0.538. The topological polar surface area (TPSA) is 386 Å². The molecule has 3 aromatic heterocycles. The molecule has 7 rings (SSSR count). The fourth-order valence-electron chi connectivity index (χ4n) is 9.43. The molecule has 7 N–H and O–H groups in total. The maximum absolute atomic E-state index is 13.2. The van der Waals surface area contributed by atoms with Crippen LogP contribution in [-0.2, 0) is 79.5 Å². The summed E-state index contributed by atoms with van der Waals surface area (Å²) in [5, 5.41) is 21.9. The van der Waals surface area contributed by atoms with Crippen LogP contribution < -0.4 is 31.6 Å². The van der Waals surface area contributed by atoms with Crippen molar-refractivity contribution in [1.29, 1.82) is 0 Å². The number of fused-ring (bicyclic) bond motifs is 1. The van der Waals surface area contributed by atoms with Crippen LogP contribution in [-0.4, -0.2) is 173 Å². The van der Waals surface area contributed by atoms with Gasteiger partial charge in [0, 0.05) is 75.4 Å². The summed E-state index contributed by atoms with van der Waals surface area (Å²) in [4.78, 5) is 134. The highest BCUT2D eigenvalue weighted by molar-refractivity contribution is 8.07. The lowest BCUT2D eigenvalue weighted by Crippen LogP contribution is -2.53. The average molecular weight is 1280 g/mol. The highest BCUT2D eigenvalue weighted by Gasteiger charge is 2.48. The number of hydrogen-bond donors (Lipinski definition) is 8. The van der Waals surface area contributed by atoms with Crippen LogP contribution >= 0.6 is 28.0 Å².